The maximum absolute atomic E-state index is 9.88. The van der Waals surface area contributed by atoms with Crippen LogP contribution >= 0.6 is 0 Å². The monoisotopic (exact) mass is 199 g/mol. The Balaban J connectivity index is 2.57. The fraction of sp³-hybridized carbons (Fsp3) is 1.00. The summed E-state index contributed by atoms with van der Waals surface area (Å²) in [5.41, 5.74) is 0. The summed E-state index contributed by atoms with van der Waals surface area (Å²) < 4.78 is 0. The molecule has 0 aliphatic heterocycles. The molecule has 0 bridgehead atoms. The molecule has 1 saturated carbocycles. The van der Waals surface area contributed by atoms with Gasteiger partial charge in [0, 0.05) is 18.6 Å². The highest BCUT2D eigenvalue weighted by molar-refractivity contribution is 4.86. The van der Waals surface area contributed by atoms with E-state index in [0.717, 1.165) is 13.0 Å². The molecule has 0 aromatic carbocycles. The first-order valence-electron chi connectivity index (χ1n) is 5.96. The topological polar surface area (TPSA) is 23.5 Å². The molecule has 2 unspecified atom stereocenters. The van der Waals surface area contributed by atoms with Crippen molar-refractivity contribution in [2.45, 2.75) is 65.1 Å². The molecule has 14 heavy (non-hydrogen) atoms. The molecular formula is C12H25NO. The molecule has 1 aliphatic rings. The van der Waals surface area contributed by atoms with Crippen molar-refractivity contribution in [1.29, 1.82) is 0 Å². The third-order valence-electron chi connectivity index (χ3n) is 3.11. The number of aliphatic hydroxyl groups excluding tert-OH is 1. The normalized spacial score (nSPS) is 28.3. The van der Waals surface area contributed by atoms with Gasteiger partial charge >= 0.3 is 0 Å². The van der Waals surface area contributed by atoms with Gasteiger partial charge in [0.2, 0.25) is 0 Å². The van der Waals surface area contributed by atoms with Crippen molar-refractivity contribution < 1.29 is 5.11 Å². The van der Waals surface area contributed by atoms with Crippen LogP contribution < -0.4 is 0 Å². The van der Waals surface area contributed by atoms with E-state index in [4.69, 9.17) is 0 Å². The molecule has 0 amide bonds. The summed E-state index contributed by atoms with van der Waals surface area (Å²) >= 11 is 0. The van der Waals surface area contributed by atoms with Gasteiger partial charge in [-0.15, -0.1) is 0 Å². The van der Waals surface area contributed by atoms with Crippen LogP contribution in [0.4, 0.5) is 0 Å². The van der Waals surface area contributed by atoms with Gasteiger partial charge in [-0.1, -0.05) is 13.8 Å². The Labute approximate surface area is 88.3 Å². The lowest BCUT2D eigenvalue weighted by atomic mass is 10.1. The predicted molar refractivity (Wildman–Crippen MR) is 60.3 cm³/mol. The SMILES string of the molecule is CC(C)CN(C(C)C)C1CCCC1O. The van der Waals surface area contributed by atoms with E-state index in [-0.39, 0.29) is 6.10 Å². The van der Waals surface area contributed by atoms with Gasteiger partial charge in [0.15, 0.2) is 0 Å². The highest BCUT2D eigenvalue weighted by Crippen LogP contribution is 2.26. The van der Waals surface area contributed by atoms with Gasteiger partial charge in [-0.3, -0.25) is 4.90 Å². The lowest BCUT2D eigenvalue weighted by Crippen LogP contribution is -2.46. The first-order chi connectivity index (χ1) is 6.52. The minimum Gasteiger partial charge on any atom is -0.391 e. The van der Waals surface area contributed by atoms with E-state index in [1.807, 2.05) is 0 Å². The predicted octanol–water partition coefficient (Wildman–Crippen LogP) is 2.27. The van der Waals surface area contributed by atoms with Gasteiger partial charge < -0.3 is 5.11 Å². The summed E-state index contributed by atoms with van der Waals surface area (Å²) in [7, 11) is 0. The molecule has 0 aromatic heterocycles. The quantitative estimate of drug-likeness (QED) is 0.751. The highest BCUT2D eigenvalue weighted by atomic mass is 16.3. The zero-order chi connectivity index (χ0) is 10.7. The minimum atomic E-state index is -0.0869. The molecule has 84 valence electrons. The van der Waals surface area contributed by atoms with Crippen LogP contribution in [0.15, 0.2) is 0 Å². The molecule has 2 heteroatoms. The first-order valence-corrected chi connectivity index (χ1v) is 5.96. The van der Waals surface area contributed by atoms with Gasteiger partial charge in [0.1, 0.15) is 0 Å². The molecule has 0 radical (unpaired) electrons. The van der Waals surface area contributed by atoms with Crippen LogP contribution in [0.2, 0.25) is 0 Å². The van der Waals surface area contributed by atoms with E-state index in [1.165, 1.54) is 12.8 Å². The van der Waals surface area contributed by atoms with Crippen LogP contribution in [0.1, 0.15) is 47.0 Å². The third-order valence-corrected chi connectivity index (χ3v) is 3.11. The van der Waals surface area contributed by atoms with Crippen molar-refractivity contribution in [3.8, 4) is 0 Å². The molecule has 0 heterocycles. The van der Waals surface area contributed by atoms with Gasteiger partial charge in [0.05, 0.1) is 6.10 Å². The van der Waals surface area contributed by atoms with Gasteiger partial charge in [0.25, 0.3) is 0 Å². The highest BCUT2D eigenvalue weighted by Gasteiger charge is 2.31. The van der Waals surface area contributed by atoms with E-state index in [9.17, 15) is 5.11 Å². The summed E-state index contributed by atoms with van der Waals surface area (Å²) in [4.78, 5) is 2.47. The molecule has 2 atom stereocenters. The Morgan fingerprint density at radius 2 is 1.86 bits per heavy atom. The third kappa shape index (κ3) is 2.96. The van der Waals surface area contributed by atoms with Crippen molar-refractivity contribution in [2.75, 3.05) is 6.54 Å². The van der Waals surface area contributed by atoms with E-state index in [1.54, 1.807) is 0 Å². The second-order valence-electron chi connectivity index (χ2n) is 5.25. The molecular weight excluding hydrogens is 174 g/mol. The summed E-state index contributed by atoms with van der Waals surface area (Å²) in [5.74, 6) is 0.685. The first kappa shape index (κ1) is 12.0. The van der Waals surface area contributed by atoms with Gasteiger partial charge in [-0.2, -0.15) is 0 Å². The minimum absolute atomic E-state index is 0.0869. The summed E-state index contributed by atoms with van der Waals surface area (Å²) in [6.07, 6.45) is 3.27. The zero-order valence-corrected chi connectivity index (χ0v) is 10.0. The molecule has 1 N–H and O–H groups in total. The van der Waals surface area contributed by atoms with Gasteiger partial charge in [-0.05, 0) is 39.0 Å². The maximum Gasteiger partial charge on any atom is 0.0695 e. The molecule has 1 aliphatic carbocycles. The summed E-state index contributed by atoms with van der Waals surface area (Å²) in [6, 6.07) is 0.965. The Bertz CT molecular complexity index is 168. The van der Waals surface area contributed by atoms with Crippen molar-refractivity contribution in [3.05, 3.63) is 0 Å². The largest absolute Gasteiger partial charge is 0.391 e. The Kier molecular flexibility index (Phi) is 4.39. The maximum atomic E-state index is 9.88. The second-order valence-corrected chi connectivity index (χ2v) is 5.25. The van der Waals surface area contributed by atoms with Crippen molar-refractivity contribution in [1.82, 2.24) is 4.90 Å². The number of hydrogen-bond donors (Lipinski definition) is 1. The van der Waals surface area contributed by atoms with Crippen molar-refractivity contribution in [2.24, 2.45) is 5.92 Å². The number of rotatable bonds is 4. The fourth-order valence-corrected chi connectivity index (χ4v) is 2.46. The van der Waals surface area contributed by atoms with Crippen LogP contribution in [0, 0.1) is 5.92 Å². The smallest absolute Gasteiger partial charge is 0.0695 e. The van der Waals surface area contributed by atoms with Crippen LogP contribution in [0.5, 0.6) is 0 Å². The lowest BCUT2D eigenvalue weighted by Gasteiger charge is -2.35. The number of aliphatic hydroxyl groups is 1. The van der Waals surface area contributed by atoms with E-state index in [0.29, 0.717) is 18.0 Å². The Morgan fingerprint density at radius 3 is 2.21 bits per heavy atom. The Morgan fingerprint density at radius 1 is 1.21 bits per heavy atom. The fourth-order valence-electron chi connectivity index (χ4n) is 2.46. The zero-order valence-electron chi connectivity index (χ0n) is 10.0. The molecule has 0 spiro atoms. The average Bonchev–Trinajstić information content (AvgIpc) is 2.46. The van der Waals surface area contributed by atoms with Crippen LogP contribution in [-0.2, 0) is 0 Å². The molecule has 1 rings (SSSR count). The van der Waals surface area contributed by atoms with E-state index >= 15 is 0 Å². The average molecular weight is 199 g/mol. The van der Waals surface area contributed by atoms with Crippen LogP contribution in [-0.4, -0.2) is 34.7 Å². The molecule has 1 fully saturated rings. The number of nitrogens with zero attached hydrogens (tertiary/aromatic N) is 1. The van der Waals surface area contributed by atoms with E-state index in [2.05, 4.69) is 32.6 Å². The van der Waals surface area contributed by atoms with Crippen molar-refractivity contribution in [3.63, 3.8) is 0 Å². The van der Waals surface area contributed by atoms with Gasteiger partial charge in [-0.25, -0.2) is 0 Å². The second kappa shape index (κ2) is 5.13. The lowest BCUT2D eigenvalue weighted by molar-refractivity contribution is 0.0443. The Hall–Kier alpha value is -0.0800. The summed E-state index contributed by atoms with van der Waals surface area (Å²) in [6.45, 7) is 10.1. The number of hydrogen-bond acceptors (Lipinski definition) is 2. The molecule has 0 aromatic rings. The summed E-state index contributed by atoms with van der Waals surface area (Å²) in [5, 5.41) is 9.88. The molecule has 2 nitrogen and oxygen atoms in total. The van der Waals surface area contributed by atoms with Crippen LogP contribution in [0.25, 0.3) is 0 Å². The van der Waals surface area contributed by atoms with E-state index < -0.39 is 0 Å². The standard InChI is InChI=1S/C12H25NO/c1-9(2)8-13(10(3)4)11-6-5-7-12(11)14/h9-12,14H,5-8H2,1-4H3. The van der Waals surface area contributed by atoms with Crippen molar-refractivity contribution >= 4 is 0 Å². The van der Waals surface area contributed by atoms with Crippen LogP contribution in [0.3, 0.4) is 0 Å². The molecule has 0 saturated heterocycles.